The number of ether oxygens (including phenoxy) is 2. The Balaban J connectivity index is 2.35. The second-order valence-electron chi connectivity index (χ2n) is 6.01. The van der Waals surface area contributed by atoms with Gasteiger partial charge < -0.3 is 14.8 Å². The lowest BCUT2D eigenvalue weighted by molar-refractivity contribution is 0.151. The third-order valence-electron chi connectivity index (χ3n) is 4.08. The first kappa shape index (κ1) is 16.1. The van der Waals surface area contributed by atoms with E-state index in [-0.39, 0.29) is 0 Å². The fourth-order valence-corrected chi connectivity index (χ4v) is 3.09. The van der Waals surface area contributed by atoms with Crippen LogP contribution in [0.15, 0.2) is 18.2 Å². The third kappa shape index (κ3) is 3.89. The summed E-state index contributed by atoms with van der Waals surface area (Å²) < 4.78 is 11.1. The average Bonchev–Trinajstić information content (AvgIpc) is 2.52. The molecule has 1 aliphatic rings. The van der Waals surface area contributed by atoms with Crippen molar-refractivity contribution in [2.45, 2.75) is 26.3 Å². The highest BCUT2D eigenvalue weighted by atomic mass is 16.5. The van der Waals surface area contributed by atoms with E-state index in [4.69, 9.17) is 9.47 Å². The van der Waals surface area contributed by atoms with Gasteiger partial charge in [0.2, 0.25) is 0 Å². The Morgan fingerprint density at radius 1 is 1.14 bits per heavy atom. The van der Waals surface area contributed by atoms with Crippen LogP contribution in [-0.2, 0) is 0 Å². The molecule has 1 aromatic rings. The van der Waals surface area contributed by atoms with Crippen LogP contribution in [0.5, 0.6) is 11.5 Å². The lowest BCUT2D eigenvalue weighted by Crippen LogP contribution is -2.45. The van der Waals surface area contributed by atoms with Crippen molar-refractivity contribution in [3.8, 4) is 11.5 Å². The molecule has 1 N–H and O–H groups in total. The van der Waals surface area contributed by atoms with Gasteiger partial charge in [0.1, 0.15) is 0 Å². The first-order valence-corrected chi connectivity index (χ1v) is 7.83. The van der Waals surface area contributed by atoms with E-state index in [9.17, 15) is 0 Å². The molecule has 4 nitrogen and oxygen atoms in total. The zero-order valence-electron chi connectivity index (χ0n) is 13.7. The molecule has 0 saturated carbocycles. The molecule has 1 fully saturated rings. The molecule has 2 rings (SSSR count). The van der Waals surface area contributed by atoms with Gasteiger partial charge >= 0.3 is 0 Å². The first-order chi connectivity index (χ1) is 10.2. The smallest absolute Gasteiger partial charge is 0.165 e. The Labute approximate surface area is 128 Å². The maximum atomic E-state index is 5.65. The van der Waals surface area contributed by atoms with Gasteiger partial charge in [-0.3, -0.25) is 4.90 Å². The average molecular weight is 292 g/mol. The van der Waals surface area contributed by atoms with Crippen molar-refractivity contribution in [2.75, 3.05) is 40.4 Å². The molecule has 0 radical (unpaired) electrons. The maximum absolute atomic E-state index is 5.65. The standard InChI is InChI=1S/C17H28N2O2/c1-13(2)12-15(19-10-8-18-9-11-19)14-6-5-7-16(20-3)17(14)21-4/h5-7,13,15,18H,8-12H2,1-4H3/t15-/m1/s1. The second kappa shape index (κ2) is 7.66. The van der Waals surface area contributed by atoms with Gasteiger partial charge in [-0.1, -0.05) is 26.0 Å². The van der Waals surface area contributed by atoms with Gasteiger partial charge in [-0.2, -0.15) is 0 Å². The van der Waals surface area contributed by atoms with Crippen LogP contribution >= 0.6 is 0 Å². The molecule has 118 valence electrons. The summed E-state index contributed by atoms with van der Waals surface area (Å²) in [6, 6.07) is 6.59. The number of piperazine rings is 1. The van der Waals surface area contributed by atoms with E-state index in [1.54, 1.807) is 14.2 Å². The van der Waals surface area contributed by atoms with Crippen LogP contribution < -0.4 is 14.8 Å². The predicted octanol–water partition coefficient (Wildman–Crippen LogP) is 2.70. The van der Waals surface area contributed by atoms with Gasteiger partial charge in [-0.05, 0) is 18.4 Å². The van der Waals surface area contributed by atoms with Gasteiger partial charge in [-0.25, -0.2) is 0 Å². The van der Waals surface area contributed by atoms with Crippen LogP contribution in [0.25, 0.3) is 0 Å². The molecule has 1 aliphatic heterocycles. The number of hydrogen-bond donors (Lipinski definition) is 1. The molecule has 0 aliphatic carbocycles. The molecule has 0 amide bonds. The molecule has 1 atom stereocenters. The van der Waals surface area contributed by atoms with Crippen molar-refractivity contribution in [2.24, 2.45) is 5.92 Å². The van der Waals surface area contributed by atoms with Crippen molar-refractivity contribution in [1.29, 1.82) is 0 Å². The van der Waals surface area contributed by atoms with E-state index in [1.165, 1.54) is 5.56 Å². The van der Waals surface area contributed by atoms with Gasteiger partial charge in [0.15, 0.2) is 11.5 Å². The highest BCUT2D eigenvalue weighted by molar-refractivity contribution is 5.48. The van der Waals surface area contributed by atoms with Crippen LogP contribution in [0.2, 0.25) is 0 Å². The molecule has 4 heteroatoms. The van der Waals surface area contributed by atoms with Crippen LogP contribution in [0.4, 0.5) is 0 Å². The van der Waals surface area contributed by atoms with Gasteiger partial charge in [0, 0.05) is 37.8 Å². The Morgan fingerprint density at radius 2 is 1.86 bits per heavy atom. The number of benzene rings is 1. The number of para-hydroxylation sites is 1. The summed E-state index contributed by atoms with van der Waals surface area (Å²) >= 11 is 0. The molecular formula is C17H28N2O2. The summed E-state index contributed by atoms with van der Waals surface area (Å²) in [5.41, 5.74) is 1.24. The molecule has 1 saturated heterocycles. The zero-order chi connectivity index (χ0) is 15.2. The van der Waals surface area contributed by atoms with Crippen molar-refractivity contribution in [3.63, 3.8) is 0 Å². The quantitative estimate of drug-likeness (QED) is 0.874. The van der Waals surface area contributed by atoms with E-state index in [0.717, 1.165) is 44.1 Å². The highest BCUT2D eigenvalue weighted by Crippen LogP contribution is 2.39. The monoisotopic (exact) mass is 292 g/mol. The Hall–Kier alpha value is -1.26. The normalized spacial score (nSPS) is 17.8. The minimum Gasteiger partial charge on any atom is -0.493 e. The SMILES string of the molecule is COc1cccc([C@@H](CC(C)C)N2CCNCC2)c1OC. The molecule has 1 aromatic carbocycles. The van der Waals surface area contributed by atoms with E-state index >= 15 is 0 Å². The summed E-state index contributed by atoms with van der Waals surface area (Å²) in [6.07, 6.45) is 1.13. The number of hydrogen-bond acceptors (Lipinski definition) is 4. The summed E-state index contributed by atoms with van der Waals surface area (Å²) in [5, 5.41) is 3.43. The Morgan fingerprint density at radius 3 is 2.43 bits per heavy atom. The van der Waals surface area contributed by atoms with Crippen LogP contribution in [-0.4, -0.2) is 45.3 Å². The van der Waals surface area contributed by atoms with Gasteiger partial charge in [0.05, 0.1) is 14.2 Å². The fourth-order valence-electron chi connectivity index (χ4n) is 3.09. The Kier molecular flexibility index (Phi) is 5.88. The van der Waals surface area contributed by atoms with Crippen molar-refractivity contribution >= 4 is 0 Å². The van der Waals surface area contributed by atoms with E-state index in [2.05, 4.69) is 36.2 Å². The Bertz CT molecular complexity index is 442. The second-order valence-corrected chi connectivity index (χ2v) is 6.01. The lowest BCUT2D eigenvalue weighted by atomic mass is 9.94. The van der Waals surface area contributed by atoms with E-state index in [1.807, 2.05) is 6.07 Å². The van der Waals surface area contributed by atoms with Crippen molar-refractivity contribution in [1.82, 2.24) is 10.2 Å². The molecule has 0 bridgehead atoms. The summed E-state index contributed by atoms with van der Waals surface area (Å²) in [6.45, 7) is 8.83. The summed E-state index contributed by atoms with van der Waals surface area (Å²) in [7, 11) is 3.43. The molecule has 21 heavy (non-hydrogen) atoms. The number of nitrogens with zero attached hydrogens (tertiary/aromatic N) is 1. The highest BCUT2D eigenvalue weighted by Gasteiger charge is 2.26. The molecular weight excluding hydrogens is 264 g/mol. The lowest BCUT2D eigenvalue weighted by Gasteiger charge is -2.37. The van der Waals surface area contributed by atoms with Crippen LogP contribution in [0.1, 0.15) is 31.9 Å². The summed E-state index contributed by atoms with van der Waals surface area (Å²) in [4.78, 5) is 2.56. The van der Waals surface area contributed by atoms with E-state index < -0.39 is 0 Å². The number of nitrogens with one attached hydrogen (secondary N) is 1. The van der Waals surface area contributed by atoms with Crippen LogP contribution in [0.3, 0.4) is 0 Å². The van der Waals surface area contributed by atoms with Gasteiger partial charge in [-0.15, -0.1) is 0 Å². The van der Waals surface area contributed by atoms with Crippen molar-refractivity contribution < 1.29 is 9.47 Å². The van der Waals surface area contributed by atoms with E-state index in [0.29, 0.717) is 12.0 Å². The topological polar surface area (TPSA) is 33.7 Å². The first-order valence-electron chi connectivity index (χ1n) is 7.83. The largest absolute Gasteiger partial charge is 0.493 e. The molecule has 0 aromatic heterocycles. The predicted molar refractivity (Wildman–Crippen MR) is 86.2 cm³/mol. The third-order valence-corrected chi connectivity index (χ3v) is 4.08. The van der Waals surface area contributed by atoms with Crippen molar-refractivity contribution in [3.05, 3.63) is 23.8 Å². The summed E-state index contributed by atoms with van der Waals surface area (Å²) in [5.74, 6) is 2.34. The molecule has 0 unspecified atom stereocenters. The van der Waals surface area contributed by atoms with Crippen LogP contribution in [0, 0.1) is 5.92 Å². The molecule has 0 spiro atoms. The fraction of sp³-hybridized carbons (Fsp3) is 0.647. The minimum absolute atomic E-state index is 0.386. The minimum atomic E-state index is 0.386. The maximum Gasteiger partial charge on any atom is 0.165 e. The molecule has 1 heterocycles. The van der Waals surface area contributed by atoms with Gasteiger partial charge in [0.25, 0.3) is 0 Å². The number of methoxy groups -OCH3 is 2. The number of rotatable bonds is 6. The zero-order valence-corrected chi connectivity index (χ0v) is 13.7.